The van der Waals surface area contributed by atoms with E-state index in [0.29, 0.717) is 12.2 Å². The molecule has 0 atom stereocenters. The molecule has 1 aliphatic heterocycles. The van der Waals surface area contributed by atoms with Crippen molar-refractivity contribution in [3.8, 4) is 11.5 Å². The summed E-state index contributed by atoms with van der Waals surface area (Å²) >= 11 is 0. The average molecular weight is 416 g/mol. The summed E-state index contributed by atoms with van der Waals surface area (Å²) < 4.78 is 12.1. The van der Waals surface area contributed by atoms with Crippen LogP contribution in [0.3, 0.4) is 0 Å². The zero-order valence-electron chi connectivity index (χ0n) is 18.8. The minimum absolute atomic E-state index is 0.112. The second-order valence-electron chi connectivity index (χ2n) is 9.00. The van der Waals surface area contributed by atoms with Gasteiger partial charge in [-0.25, -0.2) is 0 Å². The molecule has 0 fully saturated rings. The van der Waals surface area contributed by atoms with E-state index >= 15 is 0 Å². The number of rotatable bonds is 5. The molecule has 1 heterocycles. The van der Waals surface area contributed by atoms with Crippen LogP contribution >= 0.6 is 0 Å². The van der Waals surface area contributed by atoms with E-state index < -0.39 is 0 Å². The summed E-state index contributed by atoms with van der Waals surface area (Å²) in [6.45, 7) is 10.7. The Labute approximate surface area is 184 Å². The van der Waals surface area contributed by atoms with Gasteiger partial charge >= 0.3 is 0 Å². The van der Waals surface area contributed by atoms with Crippen LogP contribution < -0.4 is 14.8 Å². The highest BCUT2D eigenvalue weighted by molar-refractivity contribution is 6.05. The molecule has 3 aromatic carbocycles. The Bertz CT molecular complexity index is 1110. The summed E-state index contributed by atoms with van der Waals surface area (Å²) in [6, 6.07) is 17.7. The standard InChI is InChI=1S/C27H29NO3/c1-17-13-18(2)24(19(3)14-17)28-26(29)21-11-9-20(10-12-21)16-30-23-8-6-7-22-15-27(4,5)31-25(22)23/h6-14H,15-16H2,1-5H3,(H,28,29). The number of hydrogen-bond acceptors (Lipinski definition) is 3. The van der Waals surface area contributed by atoms with Crippen molar-refractivity contribution in [3.05, 3.63) is 88.0 Å². The molecular weight excluding hydrogens is 386 g/mol. The van der Waals surface area contributed by atoms with Crippen molar-refractivity contribution < 1.29 is 14.3 Å². The maximum atomic E-state index is 12.7. The van der Waals surface area contributed by atoms with E-state index in [-0.39, 0.29) is 11.5 Å². The van der Waals surface area contributed by atoms with Gasteiger partial charge in [-0.05, 0) is 69.5 Å². The van der Waals surface area contributed by atoms with Crippen LogP contribution in [0.1, 0.15) is 52.0 Å². The van der Waals surface area contributed by atoms with Crippen LogP contribution in [0, 0.1) is 20.8 Å². The predicted octanol–water partition coefficient (Wildman–Crippen LogP) is 6.16. The van der Waals surface area contributed by atoms with Crippen LogP contribution in [0.5, 0.6) is 11.5 Å². The number of hydrogen-bond donors (Lipinski definition) is 1. The molecule has 1 amide bonds. The summed E-state index contributed by atoms with van der Waals surface area (Å²) in [5, 5.41) is 3.05. The normalized spacial score (nSPS) is 14.0. The molecule has 0 aromatic heterocycles. The van der Waals surface area contributed by atoms with E-state index in [9.17, 15) is 4.79 Å². The third kappa shape index (κ3) is 4.58. The summed E-state index contributed by atoms with van der Waals surface area (Å²) in [5.74, 6) is 1.49. The Hall–Kier alpha value is -3.27. The highest BCUT2D eigenvalue weighted by Crippen LogP contribution is 2.42. The summed E-state index contributed by atoms with van der Waals surface area (Å²) in [5.41, 5.74) is 6.79. The van der Waals surface area contributed by atoms with E-state index in [2.05, 4.69) is 44.3 Å². The quantitative estimate of drug-likeness (QED) is 0.543. The van der Waals surface area contributed by atoms with Crippen molar-refractivity contribution in [1.82, 2.24) is 0 Å². The first-order valence-corrected chi connectivity index (χ1v) is 10.6. The van der Waals surface area contributed by atoms with Crippen molar-refractivity contribution >= 4 is 11.6 Å². The Morgan fingerprint density at radius 2 is 1.71 bits per heavy atom. The third-order valence-electron chi connectivity index (χ3n) is 5.58. The molecule has 0 saturated heterocycles. The van der Waals surface area contributed by atoms with E-state index in [4.69, 9.17) is 9.47 Å². The van der Waals surface area contributed by atoms with Gasteiger partial charge in [0.2, 0.25) is 0 Å². The Kier molecular flexibility index (Phi) is 5.48. The zero-order chi connectivity index (χ0) is 22.2. The molecule has 1 aliphatic rings. The number of benzene rings is 3. The van der Waals surface area contributed by atoms with E-state index in [0.717, 1.165) is 40.3 Å². The van der Waals surface area contributed by atoms with Crippen molar-refractivity contribution in [2.75, 3.05) is 5.32 Å². The molecule has 0 spiro atoms. The SMILES string of the molecule is Cc1cc(C)c(NC(=O)c2ccc(COc3cccc4c3OC(C)(C)C4)cc2)c(C)c1. The van der Waals surface area contributed by atoms with Crippen LogP contribution in [0.4, 0.5) is 5.69 Å². The van der Waals surface area contributed by atoms with Crippen molar-refractivity contribution in [2.24, 2.45) is 0 Å². The molecule has 31 heavy (non-hydrogen) atoms. The molecule has 0 radical (unpaired) electrons. The van der Waals surface area contributed by atoms with E-state index in [1.54, 1.807) is 0 Å². The van der Waals surface area contributed by atoms with Crippen LogP contribution in [-0.4, -0.2) is 11.5 Å². The fourth-order valence-corrected chi connectivity index (χ4v) is 4.18. The number of amides is 1. The minimum Gasteiger partial charge on any atom is -0.485 e. The minimum atomic E-state index is -0.203. The fraction of sp³-hybridized carbons (Fsp3) is 0.296. The number of nitrogens with one attached hydrogen (secondary N) is 1. The lowest BCUT2D eigenvalue weighted by Gasteiger charge is -2.18. The lowest BCUT2D eigenvalue weighted by molar-refractivity contribution is 0.102. The van der Waals surface area contributed by atoms with Gasteiger partial charge in [0.1, 0.15) is 12.2 Å². The summed E-state index contributed by atoms with van der Waals surface area (Å²) in [7, 11) is 0. The number of fused-ring (bicyclic) bond motifs is 1. The molecule has 4 rings (SSSR count). The molecule has 4 heteroatoms. The van der Waals surface area contributed by atoms with Gasteiger partial charge in [-0.15, -0.1) is 0 Å². The fourth-order valence-electron chi connectivity index (χ4n) is 4.18. The molecule has 0 bridgehead atoms. The molecule has 0 aliphatic carbocycles. The second-order valence-corrected chi connectivity index (χ2v) is 9.00. The smallest absolute Gasteiger partial charge is 0.255 e. The van der Waals surface area contributed by atoms with Crippen molar-refractivity contribution in [2.45, 2.75) is 53.2 Å². The van der Waals surface area contributed by atoms with Gasteiger partial charge in [-0.1, -0.05) is 42.0 Å². The highest BCUT2D eigenvalue weighted by Gasteiger charge is 2.32. The summed E-state index contributed by atoms with van der Waals surface area (Å²) in [4.78, 5) is 12.7. The number of carbonyl (C=O) groups excluding carboxylic acids is 1. The van der Waals surface area contributed by atoms with Gasteiger partial charge in [0, 0.05) is 23.2 Å². The monoisotopic (exact) mass is 415 g/mol. The van der Waals surface area contributed by atoms with Gasteiger partial charge in [0.25, 0.3) is 5.91 Å². The number of para-hydroxylation sites is 1. The Morgan fingerprint density at radius 1 is 1.03 bits per heavy atom. The van der Waals surface area contributed by atoms with Gasteiger partial charge in [0.05, 0.1) is 0 Å². The molecule has 3 aromatic rings. The third-order valence-corrected chi connectivity index (χ3v) is 5.58. The first kappa shape index (κ1) is 21.0. The lowest BCUT2D eigenvalue weighted by atomic mass is 10.0. The lowest BCUT2D eigenvalue weighted by Crippen LogP contribution is -2.24. The molecular formula is C27H29NO3. The number of anilines is 1. The molecule has 160 valence electrons. The summed E-state index contributed by atoms with van der Waals surface area (Å²) in [6.07, 6.45) is 0.878. The van der Waals surface area contributed by atoms with Crippen molar-refractivity contribution in [3.63, 3.8) is 0 Å². The molecule has 4 nitrogen and oxygen atoms in total. The first-order chi connectivity index (χ1) is 14.7. The van der Waals surface area contributed by atoms with Crippen LogP contribution in [-0.2, 0) is 13.0 Å². The first-order valence-electron chi connectivity index (χ1n) is 10.6. The largest absolute Gasteiger partial charge is 0.485 e. The van der Waals surface area contributed by atoms with E-state index in [1.165, 1.54) is 11.1 Å². The Morgan fingerprint density at radius 3 is 2.39 bits per heavy atom. The Balaban J connectivity index is 1.42. The number of carbonyl (C=O) groups is 1. The zero-order valence-corrected chi connectivity index (χ0v) is 18.8. The van der Waals surface area contributed by atoms with Crippen LogP contribution in [0.15, 0.2) is 54.6 Å². The van der Waals surface area contributed by atoms with Gasteiger partial charge in [0.15, 0.2) is 11.5 Å². The number of ether oxygens (including phenoxy) is 2. The molecule has 0 saturated carbocycles. The van der Waals surface area contributed by atoms with Gasteiger partial charge in [-0.3, -0.25) is 4.79 Å². The predicted molar refractivity (Wildman–Crippen MR) is 124 cm³/mol. The van der Waals surface area contributed by atoms with Crippen LogP contribution in [0.25, 0.3) is 0 Å². The molecule has 1 N–H and O–H groups in total. The maximum Gasteiger partial charge on any atom is 0.255 e. The van der Waals surface area contributed by atoms with Crippen molar-refractivity contribution in [1.29, 1.82) is 0 Å². The van der Waals surface area contributed by atoms with Gasteiger partial charge in [-0.2, -0.15) is 0 Å². The second kappa shape index (κ2) is 8.10. The topological polar surface area (TPSA) is 47.6 Å². The maximum absolute atomic E-state index is 12.7. The van der Waals surface area contributed by atoms with E-state index in [1.807, 2.05) is 50.2 Å². The molecule has 0 unspecified atom stereocenters. The van der Waals surface area contributed by atoms with Crippen LogP contribution in [0.2, 0.25) is 0 Å². The average Bonchev–Trinajstić information content (AvgIpc) is 3.03. The van der Waals surface area contributed by atoms with Gasteiger partial charge < -0.3 is 14.8 Å². The number of aryl methyl sites for hydroxylation is 3. The highest BCUT2D eigenvalue weighted by atomic mass is 16.5.